The number of amides is 1. The molecule has 1 N–H and O–H groups in total. The molecule has 0 atom stereocenters. The van der Waals surface area contributed by atoms with Gasteiger partial charge in [0.05, 0.1) is 4.88 Å². The number of nitrogens with one attached hydrogen (secondary N) is 1. The zero-order valence-electron chi connectivity index (χ0n) is 13.1. The normalized spacial score (nSPS) is 16.6. The van der Waals surface area contributed by atoms with E-state index in [4.69, 9.17) is 0 Å². The SMILES string of the molecule is Cc1ccc(-c2ccsc2C(=O)NC2CCN(C)CC2)cc1. The molecule has 0 radical (unpaired) electrons. The molecule has 0 unspecified atom stereocenters. The molecule has 1 aromatic heterocycles. The van der Waals surface area contributed by atoms with Crippen molar-refractivity contribution in [2.24, 2.45) is 0 Å². The van der Waals surface area contributed by atoms with Gasteiger partial charge in [-0.2, -0.15) is 0 Å². The van der Waals surface area contributed by atoms with E-state index < -0.39 is 0 Å². The Morgan fingerprint density at radius 3 is 2.55 bits per heavy atom. The van der Waals surface area contributed by atoms with Crippen LogP contribution in [-0.4, -0.2) is 37.0 Å². The zero-order valence-corrected chi connectivity index (χ0v) is 14.0. The van der Waals surface area contributed by atoms with E-state index in [9.17, 15) is 4.79 Å². The highest BCUT2D eigenvalue weighted by atomic mass is 32.1. The summed E-state index contributed by atoms with van der Waals surface area (Å²) in [6.07, 6.45) is 2.07. The summed E-state index contributed by atoms with van der Waals surface area (Å²) in [5.74, 6) is 0.0696. The van der Waals surface area contributed by atoms with Crippen LogP contribution in [0.15, 0.2) is 35.7 Å². The predicted molar refractivity (Wildman–Crippen MR) is 92.5 cm³/mol. The van der Waals surface area contributed by atoms with E-state index in [-0.39, 0.29) is 5.91 Å². The molecular formula is C18H22N2OS. The second kappa shape index (κ2) is 6.63. The van der Waals surface area contributed by atoms with E-state index in [2.05, 4.69) is 48.5 Å². The zero-order chi connectivity index (χ0) is 15.5. The molecule has 116 valence electrons. The maximum absolute atomic E-state index is 12.6. The minimum atomic E-state index is 0.0696. The lowest BCUT2D eigenvalue weighted by atomic mass is 10.0. The van der Waals surface area contributed by atoms with Crippen molar-refractivity contribution in [3.05, 3.63) is 46.2 Å². The van der Waals surface area contributed by atoms with Crippen LogP contribution in [0.3, 0.4) is 0 Å². The number of likely N-dealkylation sites (tertiary alicyclic amines) is 1. The first-order valence-corrected chi connectivity index (χ1v) is 8.65. The number of hydrogen-bond donors (Lipinski definition) is 1. The van der Waals surface area contributed by atoms with Crippen molar-refractivity contribution < 1.29 is 4.79 Å². The van der Waals surface area contributed by atoms with Gasteiger partial charge in [-0.05, 0) is 56.9 Å². The highest BCUT2D eigenvalue weighted by molar-refractivity contribution is 7.12. The summed E-state index contributed by atoms with van der Waals surface area (Å²) in [7, 11) is 2.13. The third-order valence-electron chi connectivity index (χ3n) is 4.29. The fourth-order valence-corrected chi connectivity index (χ4v) is 3.67. The second-order valence-electron chi connectivity index (χ2n) is 6.08. The van der Waals surface area contributed by atoms with E-state index >= 15 is 0 Å². The minimum Gasteiger partial charge on any atom is -0.348 e. The highest BCUT2D eigenvalue weighted by Gasteiger charge is 2.21. The Morgan fingerprint density at radius 2 is 1.86 bits per heavy atom. The number of carbonyl (C=O) groups is 1. The van der Waals surface area contributed by atoms with Gasteiger partial charge in [0.15, 0.2) is 0 Å². The standard InChI is InChI=1S/C18H22N2OS/c1-13-3-5-14(6-4-13)16-9-12-22-17(16)18(21)19-15-7-10-20(2)11-8-15/h3-6,9,12,15H,7-8,10-11H2,1-2H3,(H,19,21). The van der Waals surface area contributed by atoms with E-state index in [1.165, 1.54) is 16.9 Å². The molecule has 0 saturated carbocycles. The molecule has 0 spiro atoms. The van der Waals surface area contributed by atoms with Crippen LogP contribution in [0.1, 0.15) is 28.1 Å². The van der Waals surface area contributed by atoms with Crippen LogP contribution in [0, 0.1) is 6.92 Å². The first kappa shape index (κ1) is 15.3. The number of nitrogens with zero attached hydrogens (tertiary/aromatic N) is 1. The third kappa shape index (κ3) is 3.39. The second-order valence-corrected chi connectivity index (χ2v) is 7.00. The molecule has 1 aromatic carbocycles. The topological polar surface area (TPSA) is 32.3 Å². The number of aryl methyl sites for hydroxylation is 1. The van der Waals surface area contributed by atoms with Gasteiger partial charge in [0.2, 0.25) is 0 Å². The lowest BCUT2D eigenvalue weighted by molar-refractivity contribution is 0.0921. The molecule has 0 aliphatic carbocycles. The van der Waals surface area contributed by atoms with Gasteiger partial charge < -0.3 is 10.2 Å². The van der Waals surface area contributed by atoms with Crippen LogP contribution < -0.4 is 5.32 Å². The predicted octanol–water partition coefficient (Wildman–Crippen LogP) is 3.55. The summed E-state index contributed by atoms with van der Waals surface area (Å²) in [5, 5.41) is 5.21. The lowest BCUT2D eigenvalue weighted by Crippen LogP contribution is -2.43. The van der Waals surface area contributed by atoms with Gasteiger partial charge >= 0.3 is 0 Å². The molecular weight excluding hydrogens is 292 g/mol. The molecule has 3 rings (SSSR count). The Labute approximate surface area is 136 Å². The van der Waals surface area contributed by atoms with E-state index in [1.54, 1.807) is 0 Å². The van der Waals surface area contributed by atoms with Crippen molar-refractivity contribution in [2.75, 3.05) is 20.1 Å². The molecule has 2 heterocycles. The first-order valence-electron chi connectivity index (χ1n) is 7.77. The Kier molecular flexibility index (Phi) is 4.60. The van der Waals surface area contributed by atoms with E-state index in [0.29, 0.717) is 6.04 Å². The smallest absolute Gasteiger partial charge is 0.262 e. The molecule has 1 aliphatic heterocycles. The van der Waals surface area contributed by atoms with E-state index in [0.717, 1.165) is 41.9 Å². The monoisotopic (exact) mass is 314 g/mol. The molecule has 1 aliphatic rings. The quantitative estimate of drug-likeness (QED) is 0.939. The number of thiophene rings is 1. The minimum absolute atomic E-state index is 0.0696. The lowest BCUT2D eigenvalue weighted by Gasteiger charge is -2.29. The molecule has 1 fully saturated rings. The van der Waals surface area contributed by atoms with Crippen molar-refractivity contribution in [3.63, 3.8) is 0 Å². The summed E-state index contributed by atoms with van der Waals surface area (Å²) in [6, 6.07) is 10.7. The summed E-state index contributed by atoms with van der Waals surface area (Å²) >= 11 is 1.52. The van der Waals surface area contributed by atoms with Crippen LogP contribution in [-0.2, 0) is 0 Å². The molecule has 4 heteroatoms. The maximum atomic E-state index is 12.6. The van der Waals surface area contributed by atoms with Crippen LogP contribution in [0.4, 0.5) is 0 Å². The Bertz CT molecular complexity index is 639. The first-order chi connectivity index (χ1) is 10.6. The van der Waals surface area contributed by atoms with Crippen molar-refractivity contribution in [2.45, 2.75) is 25.8 Å². The number of benzene rings is 1. The molecule has 1 saturated heterocycles. The van der Waals surface area contributed by atoms with Gasteiger partial charge in [-0.1, -0.05) is 29.8 Å². The van der Waals surface area contributed by atoms with Crippen molar-refractivity contribution >= 4 is 17.2 Å². The van der Waals surface area contributed by atoms with Crippen LogP contribution >= 0.6 is 11.3 Å². The average molecular weight is 314 g/mol. The van der Waals surface area contributed by atoms with Gasteiger partial charge in [0, 0.05) is 11.6 Å². The van der Waals surface area contributed by atoms with Crippen LogP contribution in [0.2, 0.25) is 0 Å². The third-order valence-corrected chi connectivity index (χ3v) is 5.20. The highest BCUT2D eigenvalue weighted by Crippen LogP contribution is 2.28. The summed E-state index contributed by atoms with van der Waals surface area (Å²) in [4.78, 5) is 15.7. The maximum Gasteiger partial charge on any atom is 0.262 e. The molecule has 2 aromatic rings. The molecule has 1 amide bonds. The van der Waals surface area contributed by atoms with Crippen LogP contribution in [0.5, 0.6) is 0 Å². The Balaban J connectivity index is 1.74. The molecule has 0 bridgehead atoms. The van der Waals surface area contributed by atoms with E-state index in [1.807, 2.05) is 11.4 Å². The molecule has 22 heavy (non-hydrogen) atoms. The number of carbonyl (C=O) groups excluding carboxylic acids is 1. The van der Waals surface area contributed by atoms with Gasteiger partial charge in [0.1, 0.15) is 0 Å². The summed E-state index contributed by atoms with van der Waals surface area (Å²) < 4.78 is 0. The Hall–Kier alpha value is -1.65. The fourth-order valence-electron chi connectivity index (χ4n) is 2.85. The number of rotatable bonds is 3. The largest absolute Gasteiger partial charge is 0.348 e. The van der Waals surface area contributed by atoms with Gasteiger partial charge in [0.25, 0.3) is 5.91 Å². The average Bonchev–Trinajstić information content (AvgIpc) is 3.00. The van der Waals surface area contributed by atoms with Crippen molar-refractivity contribution in [1.82, 2.24) is 10.2 Å². The number of piperidine rings is 1. The van der Waals surface area contributed by atoms with Crippen LogP contribution in [0.25, 0.3) is 11.1 Å². The van der Waals surface area contributed by atoms with Crippen molar-refractivity contribution in [3.8, 4) is 11.1 Å². The molecule has 3 nitrogen and oxygen atoms in total. The summed E-state index contributed by atoms with van der Waals surface area (Å²) in [5.41, 5.74) is 3.38. The van der Waals surface area contributed by atoms with Gasteiger partial charge in [-0.25, -0.2) is 0 Å². The van der Waals surface area contributed by atoms with Crippen molar-refractivity contribution in [1.29, 1.82) is 0 Å². The summed E-state index contributed by atoms with van der Waals surface area (Å²) in [6.45, 7) is 4.19. The fraction of sp³-hybridized carbons (Fsp3) is 0.389. The number of hydrogen-bond acceptors (Lipinski definition) is 3. The Morgan fingerprint density at radius 1 is 1.18 bits per heavy atom. The van der Waals surface area contributed by atoms with Gasteiger partial charge in [-0.15, -0.1) is 11.3 Å². The van der Waals surface area contributed by atoms with Gasteiger partial charge in [-0.3, -0.25) is 4.79 Å².